The highest BCUT2D eigenvalue weighted by Gasteiger charge is 2.26. The van der Waals surface area contributed by atoms with Gasteiger partial charge in [-0.15, -0.1) is 0 Å². The quantitative estimate of drug-likeness (QED) is 0.458. The number of para-hydroxylation sites is 1. The summed E-state index contributed by atoms with van der Waals surface area (Å²) in [6, 6.07) is 5.97. The Balaban J connectivity index is 2.23. The fourth-order valence-electron chi connectivity index (χ4n) is 2.02. The minimum Gasteiger partial charge on any atom is -0.493 e. The number of nitrogens with zero attached hydrogens (tertiary/aromatic N) is 1. The predicted molar refractivity (Wildman–Crippen MR) is 86.1 cm³/mol. The topological polar surface area (TPSA) is 45.7 Å². The summed E-state index contributed by atoms with van der Waals surface area (Å²) < 4.78 is 42.0. The van der Waals surface area contributed by atoms with E-state index in [0.29, 0.717) is 25.5 Å². The predicted octanol–water partition coefficient (Wildman–Crippen LogP) is 3.19. The molecule has 1 aromatic rings. The van der Waals surface area contributed by atoms with Crippen LogP contribution in [0.15, 0.2) is 23.2 Å². The van der Waals surface area contributed by atoms with Gasteiger partial charge in [0.1, 0.15) is 5.75 Å². The van der Waals surface area contributed by atoms with Crippen molar-refractivity contribution in [1.82, 2.24) is 10.6 Å². The summed E-state index contributed by atoms with van der Waals surface area (Å²) in [5.41, 5.74) is 2.17. The molecule has 1 aromatic carbocycles. The molecule has 0 bridgehead atoms. The number of rotatable bonds is 7. The molecule has 0 aliphatic rings. The van der Waals surface area contributed by atoms with E-state index in [4.69, 9.17) is 4.74 Å². The van der Waals surface area contributed by atoms with Crippen molar-refractivity contribution < 1.29 is 17.9 Å². The van der Waals surface area contributed by atoms with E-state index in [1.165, 1.54) is 7.05 Å². The number of alkyl halides is 3. The van der Waals surface area contributed by atoms with Gasteiger partial charge in [-0.1, -0.05) is 18.2 Å². The number of halogens is 3. The zero-order valence-electron chi connectivity index (χ0n) is 13.8. The van der Waals surface area contributed by atoms with Gasteiger partial charge >= 0.3 is 6.18 Å². The van der Waals surface area contributed by atoms with Gasteiger partial charge in [0.25, 0.3) is 0 Å². The van der Waals surface area contributed by atoms with Crippen LogP contribution in [0.1, 0.15) is 24.0 Å². The Morgan fingerprint density at radius 1 is 1.13 bits per heavy atom. The number of hydrogen-bond acceptors (Lipinski definition) is 2. The van der Waals surface area contributed by atoms with Crippen molar-refractivity contribution in [3.05, 3.63) is 29.3 Å². The number of aryl methyl sites for hydroxylation is 2. The van der Waals surface area contributed by atoms with Gasteiger partial charge in [0.15, 0.2) is 5.96 Å². The van der Waals surface area contributed by atoms with Crippen molar-refractivity contribution in [2.24, 2.45) is 4.99 Å². The second kappa shape index (κ2) is 9.27. The minimum absolute atomic E-state index is 0.192. The molecule has 0 fully saturated rings. The molecule has 0 saturated carbocycles. The molecule has 0 aliphatic heterocycles. The van der Waals surface area contributed by atoms with E-state index in [-0.39, 0.29) is 6.54 Å². The van der Waals surface area contributed by atoms with E-state index in [0.717, 1.165) is 16.9 Å². The number of hydrogen-bond donors (Lipinski definition) is 2. The molecular formula is C16H24F3N3O. The third-order valence-electron chi connectivity index (χ3n) is 3.19. The lowest BCUT2D eigenvalue weighted by atomic mass is 10.1. The number of guanidine groups is 1. The Kier molecular flexibility index (Phi) is 7.71. The number of aliphatic imine (C=N–C) groups is 1. The average Bonchev–Trinajstić information content (AvgIpc) is 2.46. The lowest BCUT2D eigenvalue weighted by Crippen LogP contribution is -2.39. The first-order chi connectivity index (χ1) is 10.8. The molecule has 0 heterocycles. The monoisotopic (exact) mass is 331 g/mol. The van der Waals surface area contributed by atoms with Crippen LogP contribution in [0.2, 0.25) is 0 Å². The average molecular weight is 331 g/mol. The van der Waals surface area contributed by atoms with Crippen LogP contribution in [0, 0.1) is 13.8 Å². The largest absolute Gasteiger partial charge is 0.493 e. The third-order valence-corrected chi connectivity index (χ3v) is 3.19. The molecule has 0 unspecified atom stereocenters. The highest BCUT2D eigenvalue weighted by atomic mass is 19.4. The van der Waals surface area contributed by atoms with Crippen LogP contribution in [0.25, 0.3) is 0 Å². The lowest BCUT2D eigenvalue weighted by molar-refractivity contribution is -0.132. The van der Waals surface area contributed by atoms with Crippen molar-refractivity contribution >= 4 is 5.96 Å². The summed E-state index contributed by atoms with van der Waals surface area (Å²) in [7, 11) is 1.52. The Morgan fingerprint density at radius 3 is 2.30 bits per heavy atom. The van der Waals surface area contributed by atoms with E-state index in [1.807, 2.05) is 32.0 Å². The first kappa shape index (κ1) is 19.1. The van der Waals surface area contributed by atoms with Crippen molar-refractivity contribution in [2.75, 3.05) is 26.7 Å². The second-order valence-corrected chi connectivity index (χ2v) is 5.21. The van der Waals surface area contributed by atoms with E-state index in [9.17, 15) is 13.2 Å². The highest BCUT2D eigenvalue weighted by Crippen LogP contribution is 2.22. The third kappa shape index (κ3) is 7.76. The maximum atomic E-state index is 12.1. The summed E-state index contributed by atoms with van der Waals surface area (Å²) in [5, 5.41) is 5.59. The van der Waals surface area contributed by atoms with Gasteiger partial charge in [-0.2, -0.15) is 13.2 Å². The van der Waals surface area contributed by atoms with Crippen LogP contribution in [0.5, 0.6) is 5.75 Å². The Bertz CT molecular complexity index is 496. The zero-order chi connectivity index (χ0) is 17.3. The maximum Gasteiger partial charge on any atom is 0.390 e. The number of nitrogens with one attached hydrogen (secondary N) is 2. The van der Waals surface area contributed by atoms with Gasteiger partial charge in [-0.3, -0.25) is 4.99 Å². The van der Waals surface area contributed by atoms with E-state index in [1.54, 1.807) is 0 Å². The zero-order valence-corrected chi connectivity index (χ0v) is 13.8. The molecule has 130 valence electrons. The summed E-state index contributed by atoms with van der Waals surface area (Å²) in [5.74, 6) is 1.25. The molecule has 1 rings (SSSR count). The molecule has 2 N–H and O–H groups in total. The van der Waals surface area contributed by atoms with Gasteiger partial charge in [0.05, 0.1) is 13.0 Å². The molecule has 0 saturated heterocycles. The smallest absolute Gasteiger partial charge is 0.390 e. The summed E-state index contributed by atoms with van der Waals surface area (Å²) in [6.07, 6.45) is -4.33. The fraction of sp³-hybridized carbons (Fsp3) is 0.562. The second-order valence-electron chi connectivity index (χ2n) is 5.21. The van der Waals surface area contributed by atoms with Crippen LogP contribution >= 0.6 is 0 Å². The van der Waals surface area contributed by atoms with Crippen molar-refractivity contribution in [3.63, 3.8) is 0 Å². The molecule has 4 nitrogen and oxygen atoms in total. The molecule has 7 heteroatoms. The Morgan fingerprint density at radius 2 is 1.74 bits per heavy atom. The van der Waals surface area contributed by atoms with Gasteiger partial charge in [-0.25, -0.2) is 0 Å². The molecule has 0 amide bonds. The van der Waals surface area contributed by atoms with Crippen LogP contribution in [0.3, 0.4) is 0 Å². The highest BCUT2D eigenvalue weighted by molar-refractivity contribution is 5.79. The molecule has 0 spiro atoms. The van der Waals surface area contributed by atoms with Crippen LogP contribution in [-0.2, 0) is 0 Å². The van der Waals surface area contributed by atoms with E-state index < -0.39 is 12.6 Å². The van der Waals surface area contributed by atoms with Crippen molar-refractivity contribution in [3.8, 4) is 5.75 Å². The van der Waals surface area contributed by atoms with Crippen molar-refractivity contribution in [1.29, 1.82) is 0 Å². The minimum atomic E-state index is -4.16. The van der Waals surface area contributed by atoms with Gasteiger partial charge < -0.3 is 15.4 Å². The summed E-state index contributed by atoms with van der Waals surface area (Å²) in [4.78, 5) is 3.88. The van der Waals surface area contributed by atoms with Crippen LogP contribution < -0.4 is 15.4 Å². The van der Waals surface area contributed by atoms with Gasteiger partial charge in [0.2, 0.25) is 0 Å². The molecule has 0 aromatic heterocycles. The van der Waals surface area contributed by atoms with Crippen LogP contribution in [0.4, 0.5) is 13.2 Å². The Hall–Kier alpha value is -1.92. The fourth-order valence-corrected chi connectivity index (χ4v) is 2.02. The summed E-state index contributed by atoms with van der Waals surface area (Å²) in [6.45, 7) is 4.89. The first-order valence-electron chi connectivity index (χ1n) is 7.54. The number of ether oxygens (including phenoxy) is 1. The van der Waals surface area contributed by atoms with Crippen LogP contribution in [-0.4, -0.2) is 38.9 Å². The molecular weight excluding hydrogens is 307 g/mol. The molecule has 0 radical (unpaired) electrons. The maximum absolute atomic E-state index is 12.1. The summed E-state index contributed by atoms with van der Waals surface area (Å²) >= 11 is 0. The van der Waals surface area contributed by atoms with E-state index in [2.05, 4.69) is 15.6 Å². The number of benzene rings is 1. The SMILES string of the molecule is CN=C(NCCCOc1c(C)cccc1C)NCCC(F)(F)F. The van der Waals surface area contributed by atoms with E-state index >= 15 is 0 Å². The van der Waals surface area contributed by atoms with Gasteiger partial charge in [-0.05, 0) is 31.4 Å². The van der Waals surface area contributed by atoms with Gasteiger partial charge in [0, 0.05) is 20.1 Å². The molecule has 0 atom stereocenters. The normalized spacial score (nSPS) is 12.2. The Labute approximate surface area is 135 Å². The lowest BCUT2D eigenvalue weighted by Gasteiger charge is -2.14. The standard InChI is InChI=1S/C16H24F3N3O/c1-12-6-4-7-13(2)14(12)23-11-5-9-21-15(20-3)22-10-8-16(17,18)19/h4,6-7H,5,8-11H2,1-3H3,(H2,20,21,22). The first-order valence-corrected chi connectivity index (χ1v) is 7.54. The molecule has 0 aliphatic carbocycles. The molecule has 23 heavy (non-hydrogen) atoms. The van der Waals surface area contributed by atoms with Crippen molar-refractivity contribution in [2.45, 2.75) is 32.9 Å².